The van der Waals surface area contributed by atoms with E-state index in [0.29, 0.717) is 15.8 Å². The SMILES string of the molecule is Cc1oc(C)c(S(=O)(=O)Nc2ccc(Br)cc2F)c1CN. The summed E-state index contributed by atoms with van der Waals surface area (Å²) in [6.45, 7) is 3.18. The number of nitrogens with two attached hydrogens (primary N) is 1. The molecule has 114 valence electrons. The van der Waals surface area contributed by atoms with Crippen LogP contribution in [0.15, 0.2) is 32.0 Å². The summed E-state index contributed by atoms with van der Waals surface area (Å²) >= 11 is 3.11. The minimum Gasteiger partial charge on any atom is -0.465 e. The summed E-state index contributed by atoms with van der Waals surface area (Å²) in [5.74, 6) is -0.0234. The summed E-state index contributed by atoms with van der Waals surface area (Å²) in [5.41, 5.74) is 5.82. The Kier molecular flexibility index (Phi) is 4.40. The van der Waals surface area contributed by atoms with E-state index in [1.54, 1.807) is 6.92 Å². The predicted octanol–water partition coefficient (Wildman–Crippen LogP) is 3.06. The molecule has 5 nitrogen and oxygen atoms in total. The van der Waals surface area contributed by atoms with Crippen LogP contribution in [0.2, 0.25) is 0 Å². The van der Waals surface area contributed by atoms with E-state index in [0.717, 1.165) is 0 Å². The first-order valence-corrected chi connectivity index (χ1v) is 8.30. The number of furan rings is 1. The zero-order valence-corrected chi connectivity index (χ0v) is 13.8. The summed E-state index contributed by atoms with van der Waals surface area (Å²) in [6.07, 6.45) is 0. The number of sulfonamides is 1. The molecule has 0 saturated carbocycles. The van der Waals surface area contributed by atoms with E-state index in [-0.39, 0.29) is 22.9 Å². The van der Waals surface area contributed by atoms with Crippen molar-refractivity contribution in [3.05, 3.63) is 45.6 Å². The Morgan fingerprint density at radius 2 is 2.00 bits per heavy atom. The quantitative estimate of drug-likeness (QED) is 0.858. The lowest BCUT2D eigenvalue weighted by atomic mass is 10.2. The van der Waals surface area contributed by atoms with Crippen molar-refractivity contribution in [3.8, 4) is 0 Å². The van der Waals surface area contributed by atoms with E-state index >= 15 is 0 Å². The van der Waals surface area contributed by atoms with Crippen LogP contribution < -0.4 is 10.5 Å². The molecule has 3 N–H and O–H groups in total. The van der Waals surface area contributed by atoms with Gasteiger partial charge in [0.05, 0.1) is 5.69 Å². The molecule has 1 aromatic carbocycles. The monoisotopic (exact) mass is 376 g/mol. The van der Waals surface area contributed by atoms with Gasteiger partial charge in [0.2, 0.25) is 0 Å². The van der Waals surface area contributed by atoms with E-state index in [1.807, 2.05) is 0 Å². The highest BCUT2D eigenvalue weighted by Crippen LogP contribution is 2.29. The van der Waals surface area contributed by atoms with Crippen molar-refractivity contribution >= 4 is 31.6 Å². The van der Waals surface area contributed by atoms with Crippen LogP contribution in [0.4, 0.5) is 10.1 Å². The van der Waals surface area contributed by atoms with Crippen LogP contribution in [0.5, 0.6) is 0 Å². The van der Waals surface area contributed by atoms with Gasteiger partial charge in [0.15, 0.2) is 0 Å². The summed E-state index contributed by atoms with van der Waals surface area (Å²) in [5, 5.41) is 0. The fraction of sp³-hybridized carbons (Fsp3) is 0.231. The van der Waals surface area contributed by atoms with Crippen molar-refractivity contribution in [1.82, 2.24) is 0 Å². The maximum Gasteiger partial charge on any atom is 0.265 e. The number of benzene rings is 1. The molecule has 1 heterocycles. The third-order valence-electron chi connectivity index (χ3n) is 2.97. The summed E-state index contributed by atoms with van der Waals surface area (Å²) in [4.78, 5) is -0.0372. The topological polar surface area (TPSA) is 85.3 Å². The molecule has 21 heavy (non-hydrogen) atoms. The van der Waals surface area contributed by atoms with Crippen molar-refractivity contribution in [1.29, 1.82) is 0 Å². The summed E-state index contributed by atoms with van der Waals surface area (Å²) < 4.78 is 46.7. The van der Waals surface area contributed by atoms with Gasteiger partial charge in [0, 0.05) is 16.6 Å². The van der Waals surface area contributed by atoms with E-state index in [1.165, 1.54) is 25.1 Å². The molecule has 0 aliphatic carbocycles. The van der Waals surface area contributed by atoms with Crippen LogP contribution >= 0.6 is 15.9 Å². The standard InChI is InChI=1S/C13H14BrFN2O3S/c1-7-10(6-16)13(8(2)20-7)21(18,19)17-12-4-3-9(14)5-11(12)15/h3-5,17H,6,16H2,1-2H3. The Balaban J connectivity index is 2.48. The number of hydrogen-bond acceptors (Lipinski definition) is 4. The smallest absolute Gasteiger partial charge is 0.265 e. The molecule has 0 aliphatic heterocycles. The molecule has 2 aromatic rings. The lowest BCUT2D eigenvalue weighted by Gasteiger charge is -2.10. The molecule has 0 radical (unpaired) electrons. The van der Waals surface area contributed by atoms with Crippen LogP contribution in [0.25, 0.3) is 0 Å². The number of rotatable bonds is 4. The average molecular weight is 377 g/mol. The predicted molar refractivity (Wildman–Crippen MR) is 81.0 cm³/mol. The minimum atomic E-state index is -3.98. The van der Waals surface area contributed by atoms with Gasteiger partial charge >= 0.3 is 0 Å². The Morgan fingerprint density at radius 1 is 1.33 bits per heavy atom. The van der Waals surface area contributed by atoms with Crippen molar-refractivity contribution in [2.75, 3.05) is 4.72 Å². The maximum absolute atomic E-state index is 13.8. The number of anilines is 1. The van der Waals surface area contributed by atoms with E-state index in [2.05, 4.69) is 20.7 Å². The third-order valence-corrected chi connectivity index (χ3v) is 5.03. The maximum atomic E-state index is 13.8. The number of aryl methyl sites for hydroxylation is 2. The van der Waals surface area contributed by atoms with Crippen LogP contribution in [0.3, 0.4) is 0 Å². The molecule has 2 rings (SSSR count). The van der Waals surface area contributed by atoms with Crippen LogP contribution in [-0.4, -0.2) is 8.42 Å². The molecule has 0 fully saturated rings. The zero-order chi connectivity index (χ0) is 15.8. The van der Waals surface area contributed by atoms with Crippen molar-refractivity contribution in [3.63, 3.8) is 0 Å². The molecule has 0 bridgehead atoms. The van der Waals surface area contributed by atoms with E-state index in [4.69, 9.17) is 10.2 Å². The average Bonchev–Trinajstić information content (AvgIpc) is 2.67. The van der Waals surface area contributed by atoms with Gasteiger partial charge in [-0.15, -0.1) is 0 Å². The summed E-state index contributed by atoms with van der Waals surface area (Å²) in [7, 11) is -3.98. The second kappa shape index (κ2) is 5.78. The van der Waals surface area contributed by atoms with Gasteiger partial charge in [-0.1, -0.05) is 15.9 Å². The fourth-order valence-corrected chi connectivity index (χ4v) is 3.93. The van der Waals surface area contributed by atoms with Gasteiger partial charge in [0.25, 0.3) is 10.0 Å². The molecule has 0 spiro atoms. The Bertz CT molecular complexity index is 787. The molecular formula is C13H14BrFN2O3S. The molecule has 1 aromatic heterocycles. The first-order chi connectivity index (χ1) is 9.76. The summed E-state index contributed by atoms with van der Waals surface area (Å²) in [6, 6.07) is 4.05. The molecule has 0 aliphatic rings. The number of nitrogens with one attached hydrogen (secondary N) is 1. The van der Waals surface area contributed by atoms with Gasteiger partial charge in [-0.2, -0.15) is 0 Å². The Labute approximate surface area is 130 Å². The molecule has 0 unspecified atom stereocenters. The van der Waals surface area contributed by atoms with Crippen LogP contribution in [-0.2, 0) is 16.6 Å². The van der Waals surface area contributed by atoms with Gasteiger partial charge in [-0.3, -0.25) is 4.72 Å². The largest absolute Gasteiger partial charge is 0.465 e. The molecule has 0 atom stereocenters. The minimum absolute atomic E-state index is 0.0161. The Hall–Kier alpha value is -1.38. The van der Waals surface area contributed by atoms with Crippen LogP contribution in [0.1, 0.15) is 17.1 Å². The van der Waals surface area contributed by atoms with Gasteiger partial charge in [-0.05, 0) is 32.0 Å². The first kappa shape index (κ1) is 16.0. The van der Waals surface area contributed by atoms with Gasteiger partial charge in [0.1, 0.15) is 22.2 Å². The highest BCUT2D eigenvalue weighted by Gasteiger charge is 2.27. The van der Waals surface area contributed by atoms with Crippen LogP contribution in [0, 0.1) is 19.7 Å². The molecule has 8 heteroatoms. The lowest BCUT2D eigenvalue weighted by Crippen LogP contribution is -2.17. The first-order valence-electron chi connectivity index (χ1n) is 6.03. The van der Waals surface area contributed by atoms with Crippen molar-refractivity contribution < 1.29 is 17.2 Å². The van der Waals surface area contributed by atoms with E-state index < -0.39 is 15.8 Å². The second-order valence-electron chi connectivity index (χ2n) is 4.46. The highest BCUT2D eigenvalue weighted by atomic mass is 79.9. The van der Waals surface area contributed by atoms with Crippen molar-refractivity contribution in [2.24, 2.45) is 5.73 Å². The highest BCUT2D eigenvalue weighted by molar-refractivity contribution is 9.10. The second-order valence-corrected chi connectivity index (χ2v) is 6.99. The normalized spacial score (nSPS) is 11.7. The lowest BCUT2D eigenvalue weighted by molar-refractivity contribution is 0.494. The number of hydrogen-bond donors (Lipinski definition) is 2. The zero-order valence-electron chi connectivity index (χ0n) is 11.4. The van der Waals surface area contributed by atoms with Gasteiger partial charge in [-0.25, -0.2) is 12.8 Å². The third kappa shape index (κ3) is 3.12. The molecule has 0 amide bonds. The van der Waals surface area contributed by atoms with Gasteiger partial charge < -0.3 is 10.2 Å². The van der Waals surface area contributed by atoms with Crippen molar-refractivity contribution in [2.45, 2.75) is 25.3 Å². The van der Waals surface area contributed by atoms with E-state index in [9.17, 15) is 12.8 Å². The Morgan fingerprint density at radius 3 is 2.57 bits per heavy atom. The number of halogens is 2. The fourth-order valence-electron chi connectivity index (χ4n) is 2.07. The molecular weight excluding hydrogens is 363 g/mol. The molecule has 0 saturated heterocycles.